The minimum atomic E-state index is -0.0357. The van der Waals surface area contributed by atoms with E-state index in [0.29, 0.717) is 11.7 Å². The third-order valence-electron chi connectivity index (χ3n) is 3.15. The van der Waals surface area contributed by atoms with Crippen LogP contribution in [0.1, 0.15) is 57.2 Å². The molecule has 0 saturated heterocycles. The van der Waals surface area contributed by atoms with Crippen molar-refractivity contribution in [2.75, 3.05) is 14.1 Å². The molecule has 0 radical (unpaired) electrons. The number of benzene rings is 1. The first-order valence-corrected chi connectivity index (χ1v) is 6.64. The number of aromatic hydroxyl groups is 1. The predicted octanol–water partition coefficient (Wildman–Crippen LogP) is 3.87. The van der Waals surface area contributed by atoms with Gasteiger partial charge in [-0.1, -0.05) is 46.8 Å². The summed E-state index contributed by atoms with van der Waals surface area (Å²) in [5.41, 5.74) is 3.32. The minimum absolute atomic E-state index is 0.0357. The first-order valence-electron chi connectivity index (χ1n) is 6.64. The highest BCUT2D eigenvalue weighted by molar-refractivity contribution is 5.50. The summed E-state index contributed by atoms with van der Waals surface area (Å²) in [6.45, 7) is 11.6. The van der Waals surface area contributed by atoms with Crippen LogP contribution in [0.15, 0.2) is 12.1 Å². The Morgan fingerprint density at radius 1 is 1.17 bits per heavy atom. The van der Waals surface area contributed by atoms with Crippen LogP contribution < -0.4 is 0 Å². The Hall–Kier alpha value is -1.02. The van der Waals surface area contributed by atoms with Crippen molar-refractivity contribution in [2.24, 2.45) is 0 Å². The lowest BCUT2D eigenvalue weighted by Crippen LogP contribution is -2.18. The Morgan fingerprint density at radius 2 is 1.72 bits per heavy atom. The zero-order valence-electron chi connectivity index (χ0n) is 12.8. The van der Waals surface area contributed by atoms with Gasteiger partial charge in [0.05, 0.1) is 0 Å². The van der Waals surface area contributed by atoms with Crippen LogP contribution >= 0.6 is 0 Å². The van der Waals surface area contributed by atoms with Gasteiger partial charge in [0.2, 0.25) is 0 Å². The molecule has 1 N–H and O–H groups in total. The van der Waals surface area contributed by atoms with Crippen LogP contribution in [0.5, 0.6) is 5.75 Å². The summed E-state index contributed by atoms with van der Waals surface area (Å²) in [6.07, 6.45) is 0. The fraction of sp³-hybridized carbons (Fsp3) is 0.625. The Morgan fingerprint density at radius 3 is 2.11 bits per heavy atom. The summed E-state index contributed by atoms with van der Waals surface area (Å²) in [4.78, 5) is 2.08. The highest BCUT2D eigenvalue weighted by Gasteiger charge is 2.25. The number of phenolic OH excluding ortho intramolecular Hbond substituents is 1. The van der Waals surface area contributed by atoms with Crippen molar-refractivity contribution in [2.45, 2.75) is 52.5 Å². The van der Waals surface area contributed by atoms with E-state index in [-0.39, 0.29) is 5.41 Å². The van der Waals surface area contributed by atoms with Gasteiger partial charge < -0.3 is 10.0 Å². The summed E-state index contributed by atoms with van der Waals surface area (Å²) >= 11 is 0. The molecule has 0 saturated carbocycles. The Labute approximate surface area is 112 Å². The zero-order valence-corrected chi connectivity index (χ0v) is 12.8. The van der Waals surface area contributed by atoms with Gasteiger partial charge in [-0.3, -0.25) is 0 Å². The number of hydrogen-bond donors (Lipinski definition) is 1. The van der Waals surface area contributed by atoms with E-state index >= 15 is 0 Å². The molecule has 1 aromatic rings. The number of hydrogen-bond acceptors (Lipinski definition) is 2. The number of phenols is 1. The van der Waals surface area contributed by atoms with Gasteiger partial charge in [-0.25, -0.2) is 0 Å². The summed E-state index contributed by atoms with van der Waals surface area (Å²) in [6, 6.07) is 4.23. The molecule has 102 valence electrons. The largest absolute Gasteiger partial charge is 0.507 e. The molecule has 1 rings (SSSR count). The van der Waals surface area contributed by atoms with Crippen molar-refractivity contribution in [3.05, 3.63) is 28.8 Å². The van der Waals surface area contributed by atoms with Gasteiger partial charge in [-0.05, 0) is 31.0 Å². The molecule has 0 fully saturated rings. The van der Waals surface area contributed by atoms with Crippen molar-refractivity contribution >= 4 is 0 Å². The maximum atomic E-state index is 10.6. The number of nitrogens with zero attached hydrogens (tertiary/aromatic N) is 1. The molecule has 0 atom stereocenters. The predicted molar refractivity (Wildman–Crippen MR) is 78.3 cm³/mol. The van der Waals surface area contributed by atoms with Gasteiger partial charge in [0, 0.05) is 17.7 Å². The molecule has 0 unspecified atom stereocenters. The second-order valence-electron chi connectivity index (χ2n) is 6.68. The third kappa shape index (κ3) is 3.26. The van der Waals surface area contributed by atoms with Gasteiger partial charge >= 0.3 is 0 Å². The molecule has 0 heterocycles. The number of rotatable bonds is 3. The highest BCUT2D eigenvalue weighted by Crippen LogP contribution is 2.39. The first kappa shape index (κ1) is 15.0. The van der Waals surface area contributed by atoms with E-state index in [2.05, 4.69) is 51.7 Å². The fourth-order valence-electron chi connectivity index (χ4n) is 2.39. The molecule has 0 aromatic heterocycles. The van der Waals surface area contributed by atoms with Crippen molar-refractivity contribution in [3.63, 3.8) is 0 Å². The zero-order chi connectivity index (χ0) is 14.1. The van der Waals surface area contributed by atoms with Crippen LogP contribution in [0, 0.1) is 0 Å². The van der Waals surface area contributed by atoms with Crippen molar-refractivity contribution in [1.82, 2.24) is 4.90 Å². The highest BCUT2D eigenvalue weighted by atomic mass is 16.3. The van der Waals surface area contributed by atoms with Gasteiger partial charge in [0.25, 0.3) is 0 Å². The monoisotopic (exact) mass is 249 g/mol. The standard InChI is InChI=1S/C16H27NO/c1-11(2)13-9-8-12(10-17(6)7)15(18)14(13)16(3,4)5/h8-9,11,18H,10H2,1-7H3. The maximum absolute atomic E-state index is 10.6. The lowest BCUT2D eigenvalue weighted by atomic mass is 9.79. The lowest BCUT2D eigenvalue weighted by Gasteiger charge is -2.27. The van der Waals surface area contributed by atoms with Crippen LogP contribution in [-0.2, 0) is 12.0 Å². The summed E-state index contributed by atoms with van der Waals surface area (Å²) in [5, 5.41) is 10.6. The Balaban J connectivity index is 3.41. The van der Waals surface area contributed by atoms with E-state index in [1.54, 1.807) is 0 Å². The van der Waals surface area contributed by atoms with E-state index in [0.717, 1.165) is 17.7 Å². The van der Waals surface area contributed by atoms with Gasteiger partial charge in [-0.2, -0.15) is 0 Å². The molecule has 0 spiro atoms. The molecular weight excluding hydrogens is 222 g/mol. The average Bonchev–Trinajstić information content (AvgIpc) is 2.17. The summed E-state index contributed by atoms with van der Waals surface area (Å²) in [5.74, 6) is 0.904. The Bertz CT molecular complexity index is 414. The first-order chi connectivity index (χ1) is 8.14. The minimum Gasteiger partial charge on any atom is -0.507 e. The van der Waals surface area contributed by atoms with E-state index in [9.17, 15) is 5.11 Å². The third-order valence-corrected chi connectivity index (χ3v) is 3.15. The van der Waals surface area contributed by atoms with Crippen LogP contribution in [0.25, 0.3) is 0 Å². The Kier molecular flexibility index (Phi) is 4.44. The molecule has 18 heavy (non-hydrogen) atoms. The average molecular weight is 249 g/mol. The molecule has 0 aliphatic rings. The lowest BCUT2D eigenvalue weighted by molar-refractivity contribution is 0.379. The fourth-order valence-corrected chi connectivity index (χ4v) is 2.39. The van der Waals surface area contributed by atoms with Crippen molar-refractivity contribution < 1.29 is 5.11 Å². The van der Waals surface area contributed by atoms with E-state index in [1.165, 1.54) is 5.56 Å². The quantitative estimate of drug-likeness (QED) is 0.879. The molecular formula is C16H27NO. The molecule has 0 amide bonds. The SMILES string of the molecule is CC(C)c1ccc(CN(C)C)c(O)c1C(C)(C)C. The van der Waals surface area contributed by atoms with Crippen molar-refractivity contribution in [3.8, 4) is 5.75 Å². The van der Waals surface area contributed by atoms with Crippen LogP contribution in [-0.4, -0.2) is 24.1 Å². The van der Waals surface area contributed by atoms with E-state index < -0.39 is 0 Å². The van der Waals surface area contributed by atoms with E-state index in [4.69, 9.17) is 0 Å². The molecule has 2 nitrogen and oxygen atoms in total. The molecule has 0 bridgehead atoms. The summed E-state index contributed by atoms with van der Waals surface area (Å²) in [7, 11) is 4.04. The molecule has 0 aliphatic heterocycles. The van der Waals surface area contributed by atoms with E-state index in [1.807, 2.05) is 14.1 Å². The second kappa shape index (κ2) is 5.31. The smallest absolute Gasteiger partial charge is 0.124 e. The normalized spacial score (nSPS) is 12.5. The van der Waals surface area contributed by atoms with Crippen LogP contribution in [0.2, 0.25) is 0 Å². The summed E-state index contributed by atoms with van der Waals surface area (Å²) < 4.78 is 0. The van der Waals surface area contributed by atoms with Crippen molar-refractivity contribution in [1.29, 1.82) is 0 Å². The van der Waals surface area contributed by atoms with Gasteiger partial charge in [0.15, 0.2) is 0 Å². The second-order valence-corrected chi connectivity index (χ2v) is 6.68. The molecule has 0 aliphatic carbocycles. The topological polar surface area (TPSA) is 23.5 Å². The van der Waals surface area contributed by atoms with Gasteiger partial charge in [0.1, 0.15) is 5.75 Å². The maximum Gasteiger partial charge on any atom is 0.124 e. The molecule has 2 heteroatoms. The molecule has 1 aromatic carbocycles. The van der Waals surface area contributed by atoms with Crippen LogP contribution in [0.4, 0.5) is 0 Å². The van der Waals surface area contributed by atoms with Crippen LogP contribution in [0.3, 0.4) is 0 Å². The van der Waals surface area contributed by atoms with Gasteiger partial charge in [-0.15, -0.1) is 0 Å².